The lowest BCUT2D eigenvalue weighted by atomic mass is 9.93. The van der Waals surface area contributed by atoms with Gasteiger partial charge in [-0.1, -0.05) is 30.3 Å². The van der Waals surface area contributed by atoms with Gasteiger partial charge in [0, 0.05) is 23.1 Å². The molecule has 34 heavy (non-hydrogen) atoms. The number of rotatable bonds is 8. The SMILES string of the molecule is Cc1sc(N(C(=O)C(C)OCc2ccccc2)c2cc(F)nc(F)c2)nc1C(=O)NC1CCC1. The van der Waals surface area contributed by atoms with Crippen molar-refractivity contribution in [3.05, 3.63) is 70.5 Å². The molecule has 1 saturated carbocycles. The Hall–Kier alpha value is -3.24. The van der Waals surface area contributed by atoms with Crippen molar-refractivity contribution < 1.29 is 23.1 Å². The number of anilines is 2. The third kappa shape index (κ3) is 5.45. The van der Waals surface area contributed by atoms with E-state index >= 15 is 0 Å². The lowest BCUT2D eigenvalue weighted by Crippen LogP contribution is -2.40. The van der Waals surface area contributed by atoms with Gasteiger partial charge in [0.05, 0.1) is 12.3 Å². The van der Waals surface area contributed by atoms with Crippen molar-refractivity contribution in [2.75, 3.05) is 4.90 Å². The molecule has 2 heterocycles. The second-order valence-corrected chi connectivity index (χ2v) is 9.27. The van der Waals surface area contributed by atoms with Gasteiger partial charge in [0.2, 0.25) is 11.9 Å². The predicted octanol–water partition coefficient (Wildman–Crippen LogP) is 4.68. The van der Waals surface area contributed by atoms with Crippen LogP contribution in [0.5, 0.6) is 0 Å². The number of amides is 2. The molecule has 1 atom stereocenters. The number of pyridine rings is 1. The van der Waals surface area contributed by atoms with Gasteiger partial charge in [-0.3, -0.25) is 14.5 Å². The Labute approximate surface area is 199 Å². The number of aromatic nitrogens is 2. The van der Waals surface area contributed by atoms with E-state index in [9.17, 15) is 18.4 Å². The van der Waals surface area contributed by atoms with Crippen LogP contribution in [-0.4, -0.2) is 33.9 Å². The maximum Gasteiger partial charge on any atom is 0.271 e. The second kappa shape index (κ2) is 10.4. The molecule has 10 heteroatoms. The lowest BCUT2D eigenvalue weighted by Gasteiger charge is -2.26. The summed E-state index contributed by atoms with van der Waals surface area (Å²) < 4.78 is 33.6. The molecule has 0 bridgehead atoms. The number of aryl methyl sites for hydroxylation is 1. The van der Waals surface area contributed by atoms with Crippen LogP contribution in [0.25, 0.3) is 0 Å². The Morgan fingerprint density at radius 2 is 1.85 bits per heavy atom. The van der Waals surface area contributed by atoms with E-state index in [1.807, 2.05) is 30.3 Å². The minimum atomic E-state index is -1.08. The molecular formula is C24H24F2N4O3S. The summed E-state index contributed by atoms with van der Waals surface area (Å²) in [5, 5.41) is 3.03. The maximum absolute atomic E-state index is 13.9. The van der Waals surface area contributed by atoms with E-state index in [0.29, 0.717) is 4.88 Å². The van der Waals surface area contributed by atoms with Crippen molar-refractivity contribution in [2.24, 2.45) is 0 Å². The molecule has 1 fully saturated rings. The summed E-state index contributed by atoms with van der Waals surface area (Å²) in [6, 6.07) is 11.3. The monoisotopic (exact) mass is 486 g/mol. The van der Waals surface area contributed by atoms with Crippen molar-refractivity contribution >= 4 is 34.0 Å². The van der Waals surface area contributed by atoms with Crippen LogP contribution < -0.4 is 10.2 Å². The average molecular weight is 487 g/mol. The minimum absolute atomic E-state index is 0.0927. The number of thiazole rings is 1. The fraction of sp³-hybridized carbons (Fsp3) is 0.333. The van der Waals surface area contributed by atoms with Crippen LogP contribution in [0.2, 0.25) is 0 Å². The van der Waals surface area contributed by atoms with Crippen molar-refractivity contribution in [2.45, 2.75) is 51.9 Å². The summed E-state index contributed by atoms with van der Waals surface area (Å²) in [5.41, 5.74) is 0.956. The van der Waals surface area contributed by atoms with Gasteiger partial charge < -0.3 is 10.1 Å². The molecule has 1 unspecified atom stereocenters. The highest BCUT2D eigenvalue weighted by atomic mass is 32.1. The molecule has 1 N–H and O–H groups in total. The van der Waals surface area contributed by atoms with E-state index in [4.69, 9.17) is 4.74 Å². The van der Waals surface area contributed by atoms with Crippen LogP contribution in [0.15, 0.2) is 42.5 Å². The number of hydrogen-bond donors (Lipinski definition) is 1. The maximum atomic E-state index is 13.9. The quantitative estimate of drug-likeness (QED) is 0.468. The highest BCUT2D eigenvalue weighted by molar-refractivity contribution is 7.16. The first kappa shape index (κ1) is 23.9. The van der Waals surface area contributed by atoms with Crippen LogP contribution in [0.4, 0.5) is 19.6 Å². The average Bonchev–Trinajstić information content (AvgIpc) is 3.15. The number of carbonyl (C=O) groups excluding carboxylic acids is 2. The Kier molecular flexibility index (Phi) is 7.28. The molecule has 3 aromatic rings. The number of carbonyl (C=O) groups is 2. The van der Waals surface area contributed by atoms with Crippen LogP contribution in [-0.2, 0) is 16.1 Å². The van der Waals surface area contributed by atoms with Crippen LogP contribution in [0, 0.1) is 18.8 Å². The zero-order chi connectivity index (χ0) is 24.2. The van der Waals surface area contributed by atoms with E-state index in [1.54, 1.807) is 13.8 Å². The predicted molar refractivity (Wildman–Crippen MR) is 124 cm³/mol. The van der Waals surface area contributed by atoms with Gasteiger partial charge in [-0.15, -0.1) is 11.3 Å². The summed E-state index contributed by atoms with van der Waals surface area (Å²) in [4.78, 5) is 35.2. The summed E-state index contributed by atoms with van der Waals surface area (Å²) in [6.07, 6.45) is 1.93. The molecule has 7 nitrogen and oxygen atoms in total. The molecule has 1 aromatic carbocycles. The van der Waals surface area contributed by atoms with Gasteiger partial charge >= 0.3 is 0 Å². The number of halogens is 2. The van der Waals surface area contributed by atoms with Gasteiger partial charge in [0.15, 0.2) is 5.13 Å². The van der Waals surface area contributed by atoms with Crippen molar-refractivity contribution in [3.63, 3.8) is 0 Å². The molecular weight excluding hydrogens is 462 g/mol. The summed E-state index contributed by atoms with van der Waals surface area (Å²) in [5.74, 6) is -3.08. The Balaban J connectivity index is 1.62. The van der Waals surface area contributed by atoms with Crippen LogP contribution in [0.3, 0.4) is 0 Å². The van der Waals surface area contributed by atoms with Gasteiger partial charge in [-0.2, -0.15) is 13.8 Å². The van der Waals surface area contributed by atoms with Gasteiger partial charge in [-0.25, -0.2) is 4.98 Å². The number of benzene rings is 1. The lowest BCUT2D eigenvalue weighted by molar-refractivity contribution is -0.128. The molecule has 1 aliphatic rings. The molecule has 0 spiro atoms. The first-order chi connectivity index (χ1) is 16.3. The Morgan fingerprint density at radius 1 is 1.18 bits per heavy atom. The highest BCUT2D eigenvalue weighted by Crippen LogP contribution is 2.33. The molecule has 0 radical (unpaired) electrons. The molecule has 178 valence electrons. The normalized spacial score (nSPS) is 14.4. The number of nitrogens with zero attached hydrogens (tertiary/aromatic N) is 3. The van der Waals surface area contributed by atoms with E-state index in [-0.39, 0.29) is 35.1 Å². The third-order valence-corrected chi connectivity index (χ3v) is 6.50. The van der Waals surface area contributed by atoms with E-state index in [0.717, 1.165) is 53.2 Å². The van der Waals surface area contributed by atoms with Gasteiger partial charge in [0.25, 0.3) is 11.8 Å². The Bertz CT molecular complexity index is 1160. The molecule has 4 rings (SSSR count). The Morgan fingerprint density at radius 3 is 2.47 bits per heavy atom. The second-order valence-electron chi connectivity index (χ2n) is 8.09. The summed E-state index contributed by atoms with van der Waals surface area (Å²) in [6.45, 7) is 3.44. The molecule has 2 aromatic heterocycles. The highest BCUT2D eigenvalue weighted by Gasteiger charge is 2.30. The topological polar surface area (TPSA) is 84.4 Å². The van der Waals surface area contributed by atoms with E-state index in [2.05, 4.69) is 15.3 Å². The number of hydrogen-bond acceptors (Lipinski definition) is 6. The number of ether oxygens (including phenoxy) is 1. The zero-order valence-corrected chi connectivity index (χ0v) is 19.6. The molecule has 0 aliphatic heterocycles. The fourth-order valence-electron chi connectivity index (χ4n) is 3.46. The van der Waals surface area contributed by atoms with Crippen molar-refractivity contribution in [3.8, 4) is 0 Å². The fourth-order valence-corrected chi connectivity index (χ4v) is 4.39. The largest absolute Gasteiger partial charge is 0.364 e. The van der Waals surface area contributed by atoms with Gasteiger partial charge in [0.1, 0.15) is 11.8 Å². The van der Waals surface area contributed by atoms with E-state index < -0.39 is 23.9 Å². The summed E-state index contributed by atoms with van der Waals surface area (Å²) in [7, 11) is 0. The number of nitrogens with one attached hydrogen (secondary N) is 1. The summed E-state index contributed by atoms with van der Waals surface area (Å²) >= 11 is 1.08. The zero-order valence-electron chi connectivity index (χ0n) is 18.8. The standard InChI is InChI=1S/C24H24F2N4O3S/c1-14(33-13-16-7-4-3-5-8-16)23(32)30(18-11-19(25)28-20(26)12-18)24-29-21(15(2)34-24)22(31)27-17-9-6-10-17/h3-5,7-8,11-12,14,17H,6,9-10,13H2,1-2H3,(H,27,31). The van der Waals surface area contributed by atoms with Crippen LogP contribution in [0.1, 0.15) is 47.1 Å². The van der Waals surface area contributed by atoms with Crippen molar-refractivity contribution in [1.29, 1.82) is 0 Å². The van der Waals surface area contributed by atoms with Gasteiger partial charge in [-0.05, 0) is 38.7 Å². The first-order valence-corrected chi connectivity index (χ1v) is 11.7. The first-order valence-electron chi connectivity index (χ1n) is 10.9. The smallest absolute Gasteiger partial charge is 0.271 e. The molecule has 2 amide bonds. The molecule has 1 aliphatic carbocycles. The molecule has 0 saturated heterocycles. The van der Waals surface area contributed by atoms with Crippen LogP contribution >= 0.6 is 11.3 Å². The van der Waals surface area contributed by atoms with E-state index in [1.165, 1.54) is 0 Å². The third-order valence-electron chi connectivity index (χ3n) is 5.55. The van der Waals surface area contributed by atoms with Crippen molar-refractivity contribution in [1.82, 2.24) is 15.3 Å². The minimum Gasteiger partial charge on any atom is -0.364 e.